The molecule has 1 aromatic rings. The van der Waals surface area contributed by atoms with Crippen molar-refractivity contribution in [1.29, 1.82) is 0 Å². The Morgan fingerprint density at radius 3 is 2.54 bits per heavy atom. The van der Waals surface area contributed by atoms with E-state index in [2.05, 4.69) is 28.1 Å². The zero-order valence-corrected chi connectivity index (χ0v) is 10.8. The Morgan fingerprint density at radius 2 is 2.00 bits per heavy atom. The van der Waals surface area contributed by atoms with E-state index in [4.69, 9.17) is 5.11 Å². The Hall–Kier alpha value is -0.0404. The first kappa shape index (κ1) is 11.0. The number of carbonyl (C=O) groups is 1. The Balaban J connectivity index is 2.37. The second kappa shape index (κ2) is 5.64. The summed E-state index contributed by atoms with van der Waals surface area (Å²) in [6.07, 6.45) is 0.304. The molecule has 0 saturated heterocycles. The van der Waals surface area contributed by atoms with Crippen molar-refractivity contribution in [3.63, 3.8) is 0 Å². The molecule has 0 atom stereocenters. The van der Waals surface area contributed by atoms with Crippen LogP contribution in [0.25, 0.3) is 0 Å². The normalized spacial score (nSPS) is 9.92. The third-order valence-corrected chi connectivity index (χ3v) is 4.82. The summed E-state index contributed by atoms with van der Waals surface area (Å²) in [5.74, 6) is -0.692. The van der Waals surface area contributed by atoms with Gasteiger partial charge in [-0.15, -0.1) is 0 Å². The van der Waals surface area contributed by atoms with Crippen molar-refractivity contribution in [3.05, 3.63) is 28.7 Å². The molecule has 0 aliphatic heterocycles. The SMILES string of the molecule is O=C(O)CC[Te]c1ccc(Br)cc1. The molecule has 1 aromatic carbocycles. The van der Waals surface area contributed by atoms with E-state index in [0.717, 1.165) is 8.94 Å². The molecule has 0 radical (unpaired) electrons. The standard InChI is InChI=1S/C9H9BrO2Te/c10-7-1-3-8(4-2-7)13-6-5-9(11)12/h1-4H,5-6H2,(H,11,12). The first-order valence-corrected chi connectivity index (χ1v) is 7.39. The fourth-order valence-electron chi connectivity index (χ4n) is 0.787. The second-order valence-corrected chi connectivity index (χ2v) is 6.70. The zero-order valence-electron chi connectivity index (χ0n) is 6.87. The van der Waals surface area contributed by atoms with Crippen LogP contribution in [0.1, 0.15) is 6.42 Å². The summed E-state index contributed by atoms with van der Waals surface area (Å²) in [7, 11) is 0. The fraction of sp³-hybridized carbons (Fsp3) is 0.222. The van der Waals surface area contributed by atoms with E-state index in [9.17, 15) is 4.79 Å². The van der Waals surface area contributed by atoms with Crippen molar-refractivity contribution in [2.45, 2.75) is 10.9 Å². The summed E-state index contributed by atoms with van der Waals surface area (Å²) in [5, 5.41) is 8.45. The third kappa shape index (κ3) is 4.66. The van der Waals surface area contributed by atoms with Crippen molar-refractivity contribution < 1.29 is 9.90 Å². The van der Waals surface area contributed by atoms with Crippen LogP contribution in [-0.4, -0.2) is 32.0 Å². The molecular formula is C9H9BrO2Te. The second-order valence-electron chi connectivity index (χ2n) is 2.45. The predicted molar refractivity (Wildman–Crippen MR) is 56.6 cm³/mol. The van der Waals surface area contributed by atoms with E-state index in [0.29, 0.717) is 6.42 Å². The molecule has 0 saturated carbocycles. The molecule has 0 bridgehead atoms. The van der Waals surface area contributed by atoms with E-state index in [1.54, 1.807) is 0 Å². The van der Waals surface area contributed by atoms with E-state index in [-0.39, 0.29) is 20.9 Å². The summed E-state index contributed by atoms with van der Waals surface area (Å²) in [6, 6.07) is 8.13. The number of hydrogen-bond acceptors (Lipinski definition) is 1. The van der Waals surface area contributed by atoms with Gasteiger partial charge in [-0.2, -0.15) is 0 Å². The maximum absolute atomic E-state index is 10.3. The van der Waals surface area contributed by atoms with Gasteiger partial charge in [0.25, 0.3) is 0 Å². The van der Waals surface area contributed by atoms with Crippen LogP contribution in [0.15, 0.2) is 28.7 Å². The van der Waals surface area contributed by atoms with Crippen LogP contribution >= 0.6 is 15.9 Å². The monoisotopic (exact) mass is 358 g/mol. The van der Waals surface area contributed by atoms with Crippen LogP contribution in [0.4, 0.5) is 0 Å². The molecule has 0 aliphatic carbocycles. The van der Waals surface area contributed by atoms with Crippen molar-refractivity contribution in [1.82, 2.24) is 0 Å². The van der Waals surface area contributed by atoms with E-state index in [1.807, 2.05) is 12.1 Å². The third-order valence-electron chi connectivity index (χ3n) is 1.40. The van der Waals surface area contributed by atoms with Gasteiger partial charge in [0.1, 0.15) is 0 Å². The quantitative estimate of drug-likeness (QED) is 0.833. The summed E-state index contributed by atoms with van der Waals surface area (Å²) in [6.45, 7) is 0. The molecule has 0 heterocycles. The van der Waals surface area contributed by atoms with Gasteiger partial charge in [-0.1, -0.05) is 0 Å². The molecule has 0 aromatic heterocycles. The van der Waals surface area contributed by atoms with Gasteiger partial charge in [-0.25, -0.2) is 0 Å². The molecule has 1 rings (SSSR count). The average Bonchev–Trinajstić information content (AvgIpc) is 2.08. The molecule has 0 unspecified atom stereocenters. The minimum atomic E-state index is -0.692. The molecule has 0 aliphatic rings. The van der Waals surface area contributed by atoms with E-state index >= 15 is 0 Å². The molecule has 0 spiro atoms. The van der Waals surface area contributed by atoms with E-state index in [1.165, 1.54) is 3.61 Å². The van der Waals surface area contributed by atoms with Crippen molar-refractivity contribution in [2.24, 2.45) is 0 Å². The molecule has 0 amide bonds. The number of rotatable bonds is 4. The number of benzene rings is 1. The van der Waals surface area contributed by atoms with Crippen molar-refractivity contribution in [2.75, 3.05) is 0 Å². The summed E-state index contributed by atoms with van der Waals surface area (Å²) < 4.78 is 3.22. The van der Waals surface area contributed by atoms with Gasteiger partial charge >= 0.3 is 96.0 Å². The number of carboxylic acid groups (broad SMARTS) is 1. The molecule has 4 heteroatoms. The molecule has 13 heavy (non-hydrogen) atoms. The first-order valence-electron chi connectivity index (χ1n) is 3.78. The van der Waals surface area contributed by atoms with Gasteiger partial charge < -0.3 is 0 Å². The Morgan fingerprint density at radius 1 is 1.38 bits per heavy atom. The Bertz CT molecular complexity index is 284. The number of hydrogen-bond donors (Lipinski definition) is 1. The van der Waals surface area contributed by atoms with Crippen LogP contribution in [0.2, 0.25) is 4.47 Å². The van der Waals surface area contributed by atoms with Gasteiger partial charge in [-0.3, -0.25) is 0 Å². The zero-order chi connectivity index (χ0) is 9.68. The predicted octanol–water partition coefficient (Wildman–Crippen LogP) is 1.67. The van der Waals surface area contributed by atoms with Gasteiger partial charge in [-0.05, 0) is 0 Å². The van der Waals surface area contributed by atoms with Crippen LogP contribution in [0, 0.1) is 0 Å². The maximum atomic E-state index is 10.3. The summed E-state index contributed by atoms with van der Waals surface area (Å²) in [4.78, 5) is 10.3. The summed E-state index contributed by atoms with van der Waals surface area (Å²) >= 11 is 3.06. The van der Waals surface area contributed by atoms with Crippen molar-refractivity contribution >= 4 is 46.4 Å². The number of carboxylic acids is 1. The molecule has 70 valence electrons. The topological polar surface area (TPSA) is 37.3 Å². The van der Waals surface area contributed by atoms with Crippen LogP contribution in [0.5, 0.6) is 0 Å². The Labute approximate surface area is 95.6 Å². The van der Waals surface area contributed by atoms with Gasteiger partial charge in [0, 0.05) is 0 Å². The van der Waals surface area contributed by atoms with Gasteiger partial charge in [0.2, 0.25) is 0 Å². The van der Waals surface area contributed by atoms with Crippen molar-refractivity contribution in [3.8, 4) is 0 Å². The van der Waals surface area contributed by atoms with Gasteiger partial charge in [0.05, 0.1) is 0 Å². The number of halogens is 1. The molecule has 1 N–H and O–H groups in total. The molecular weight excluding hydrogens is 348 g/mol. The van der Waals surface area contributed by atoms with E-state index < -0.39 is 5.97 Å². The molecule has 0 fully saturated rings. The first-order chi connectivity index (χ1) is 6.18. The Kier molecular flexibility index (Phi) is 4.79. The van der Waals surface area contributed by atoms with Crippen LogP contribution in [-0.2, 0) is 4.79 Å². The minimum absolute atomic E-state index is 0.295. The summed E-state index contributed by atoms with van der Waals surface area (Å²) in [5.41, 5.74) is 0. The fourth-order valence-corrected chi connectivity index (χ4v) is 3.45. The van der Waals surface area contributed by atoms with Crippen LogP contribution in [0.3, 0.4) is 0 Å². The van der Waals surface area contributed by atoms with Gasteiger partial charge in [0.15, 0.2) is 0 Å². The molecule has 2 nitrogen and oxygen atoms in total. The average molecular weight is 357 g/mol. The van der Waals surface area contributed by atoms with Crippen LogP contribution < -0.4 is 3.61 Å². The number of aliphatic carboxylic acids is 1.